The van der Waals surface area contributed by atoms with E-state index in [0.717, 1.165) is 18.8 Å². The van der Waals surface area contributed by atoms with Crippen molar-refractivity contribution in [3.05, 3.63) is 0 Å². The molecule has 3 fully saturated rings. The second-order valence-corrected chi connectivity index (χ2v) is 9.09. The summed E-state index contributed by atoms with van der Waals surface area (Å²) in [6.45, 7) is 2.28. The van der Waals surface area contributed by atoms with E-state index in [2.05, 4.69) is 6.92 Å². The first kappa shape index (κ1) is 21.4. The molecule has 0 aromatic rings. The summed E-state index contributed by atoms with van der Waals surface area (Å²) >= 11 is 0. The predicted molar refractivity (Wildman–Crippen MR) is 96.2 cm³/mol. The molecule has 3 saturated carbocycles. The minimum Gasteiger partial charge on any atom is -0.378 e. The summed E-state index contributed by atoms with van der Waals surface area (Å²) in [5, 5.41) is 0. The molecule has 0 aromatic heterocycles. The first-order valence-electron chi connectivity index (χ1n) is 10.7. The summed E-state index contributed by atoms with van der Waals surface area (Å²) in [4.78, 5) is 0. The molecule has 0 saturated heterocycles. The van der Waals surface area contributed by atoms with Gasteiger partial charge in [-0.2, -0.15) is 8.78 Å². The normalized spacial score (nSPS) is 44.2. The molecule has 2 nitrogen and oxygen atoms in total. The zero-order valence-corrected chi connectivity index (χ0v) is 16.5. The van der Waals surface area contributed by atoms with E-state index in [4.69, 9.17) is 9.47 Å². The smallest absolute Gasteiger partial charge is 0.358 e. The molecule has 3 rings (SSSR count). The lowest BCUT2D eigenvalue weighted by atomic mass is 9.69. The van der Waals surface area contributed by atoms with Crippen molar-refractivity contribution in [3.63, 3.8) is 0 Å². The molecule has 3 aliphatic carbocycles. The van der Waals surface area contributed by atoms with Gasteiger partial charge in [-0.3, -0.25) is 0 Å². The molecule has 3 aliphatic rings. The summed E-state index contributed by atoms with van der Waals surface area (Å²) in [7, 11) is 1.31. The Balaban J connectivity index is 1.49. The van der Waals surface area contributed by atoms with Gasteiger partial charge in [0.1, 0.15) is 0 Å². The SMILES string of the molecule is COC1CCC(OC(F)(F)C2CCC(C3CCC(C)CC3)CC2)C(F)C1F. The highest BCUT2D eigenvalue weighted by atomic mass is 19.3. The molecule has 0 radical (unpaired) electrons. The number of ether oxygens (including phenoxy) is 2. The van der Waals surface area contributed by atoms with Crippen LogP contribution in [0.3, 0.4) is 0 Å². The van der Waals surface area contributed by atoms with Gasteiger partial charge >= 0.3 is 6.11 Å². The Morgan fingerprint density at radius 3 is 1.74 bits per heavy atom. The molecular weight excluding hydrogens is 360 g/mol. The highest BCUT2D eigenvalue weighted by molar-refractivity contribution is 4.91. The van der Waals surface area contributed by atoms with E-state index in [1.54, 1.807) is 0 Å². The summed E-state index contributed by atoms with van der Waals surface area (Å²) in [6, 6.07) is 0. The van der Waals surface area contributed by atoms with Crippen LogP contribution >= 0.6 is 0 Å². The molecule has 0 aliphatic heterocycles. The van der Waals surface area contributed by atoms with Gasteiger partial charge in [0.2, 0.25) is 0 Å². The van der Waals surface area contributed by atoms with Crippen molar-refractivity contribution >= 4 is 0 Å². The van der Waals surface area contributed by atoms with Crippen molar-refractivity contribution in [1.29, 1.82) is 0 Å². The van der Waals surface area contributed by atoms with Crippen molar-refractivity contribution in [1.82, 2.24) is 0 Å². The largest absolute Gasteiger partial charge is 0.378 e. The lowest BCUT2D eigenvalue weighted by Crippen LogP contribution is -2.50. The van der Waals surface area contributed by atoms with E-state index >= 15 is 0 Å². The maximum atomic E-state index is 14.7. The number of rotatable bonds is 5. The highest BCUT2D eigenvalue weighted by Crippen LogP contribution is 2.46. The molecule has 6 heteroatoms. The Morgan fingerprint density at radius 1 is 0.704 bits per heavy atom. The predicted octanol–water partition coefficient (Wildman–Crippen LogP) is 6.08. The Hall–Kier alpha value is -0.360. The van der Waals surface area contributed by atoms with Crippen LogP contribution in [-0.2, 0) is 9.47 Å². The average molecular weight is 394 g/mol. The van der Waals surface area contributed by atoms with Gasteiger partial charge in [0.15, 0.2) is 12.3 Å². The highest BCUT2D eigenvalue weighted by Gasteiger charge is 2.50. The lowest BCUT2D eigenvalue weighted by molar-refractivity contribution is -0.314. The van der Waals surface area contributed by atoms with Crippen molar-refractivity contribution in [2.45, 2.75) is 102 Å². The molecule has 0 aromatic carbocycles. The Morgan fingerprint density at radius 2 is 1.19 bits per heavy atom. The number of hydrogen-bond donors (Lipinski definition) is 0. The van der Waals surface area contributed by atoms with Crippen LogP contribution in [0, 0.1) is 23.7 Å². The maximum Gasteiger partial charge on any atom is 0.358 e. The topological polar surface area (TPSA) is 18.5 Å². The second-order valence-electron chi connectivity index (χ2n) is 9.09. The first-order chi connectivity index (χ1) is 12.8. The molecule has 0 amide bonds. The molecule has 4 atom stereocenters. The summed E-state index contributed by atoms with van der Waals surface area (Å²) in [5.41, 5.74) is 0. The summed E-state index contributed by atoms with van der Waals surface area (Å²) in [6.07, 6.45) is -2.02. The van der Waals surface area contributed by atoms with Gasteiger partial charge in [-0.15, -0.1) is 0 Å². The first-order valence-corrected chi connectivity index (χ1v) is 10.7. The molecule has 0 heterocycles. The Labute approximate surface area is 160 Å². The van der Waals surface area contributed by atoms with Gasteiger partial charge in [0.05, 0.1) is 18.1 Å². The van der Waals surface area contributed by atoms with Gasteiger partial charge in [-0.25, -0.2) is 8.78 Å². The van der Waals surface area contributed by atoms with E-state index in [9.17, 15) is 17.6 Å². The van der Waals surface area contributed by atoms with Gasteiger partial charge < -0.3 is 9.47 Å². The van der Waals surface area contributed by atoms with E-state index in [1.165, 1.54) is 32.8 Å². The minimum atomic E-state index is -3.39. The van der Waals surface area contributed by atoms with Crippen molar-refractivity contribution < 1.29 is 27.0 Å². The lowest BCUT2D eigenvalue weighted by Gasteiger charge is -2.41. The number of halogens is 4. The summed E-state index contributed by atoms with van der Waals surface area (Å²) in [5.74, 6) is 1.10. The quantitative estimate of drug-likeness (QED) is 0.526. The fourth-order valence-corrected chi connectivity index (χ4v) is 5.41. The fourth-order valence-electron chi connectivity index (χ4n) is 5.41. The summed E-state index contributed by atoms with van der Waals surface area (Å²) < 4.78 is 67.2. The van der Waals surface area contributed by atoms with Crippen molar-refractivity contribution in [2.24, 2.45) is 23.7 Å². The van der Waals surface area contributed by atoms with E-state index in [1.807, 2.05) is 0 Å². The van der Waals surface area contributed by atoms with E-state index < -0.39 is 36.6 Å². The zero-order valence-electron chi connectivity index (χ0n) is 16.5. The number of methoxy groups -OCH3 is 1. The molecule has 4 unspecified atom stereocenters. The van der Waals surface area contributed by atoms with Crippen LogP contribution in [0.4, 0.5) is 17.6 Å². The molecule has 0 spiro atoms. The van der Waals surface area contributed by atoms with Gasteiger partial charge in [-0.1, -0.05) is 19.8 Å². The van der Waals surface area contributed by atoms with E-state index in [0.29, 0.717) is 24.7 Å². The number of alkyl halides is 4. The molecule has 158 valence electrons. The Bertz CT molecular complexity index is 459. The third kappa shape index (κ3) is 4.98. The van der Waals surface area contributed by atoms with Gasteiger partial charge in [-0.05, 0) is 69.1 Å². The maximum absolute atomic E-state index is 14.7. The van der Waals surface area contributed by atoms with Gasteiger partial charge in [0, 0.05) is 7.11 Å². The third-order valence-corrected chi connectivity index (χ3v) is 7.34. The minimum absolute atomic E-state index is 0.0608. The fraction of sp³-hybridized carbons (Fsp3) is 1.00. The zero-order chi connectivity index (χ0) is 19.6. The second kappa shape index (κ2) is 8.98. The average Bonchev–Trinajstić information content (AvgIpc) is 2.66. The van der Waals surface area contributed by atoms with Crippen LogP contribution < -0.4 is 0 Å². The monoisotopic (exact) mass is 394 g/mol. The van der Waals surface area contributed by atoms with Crippen LogP contribution in [0.25, 0.3) is 0 Å². The number of hydrogen-bond acceptors (Lipinski definition) is 2. The van der Waals surface area contributed by atoms with Crippen LogP contribution in [0.2, 0.25) is 0 Å². The molecule has 0 bridgehead atoms. The molecule has 0 N–H and O–H groups in total. The molecular formula is C21H34F4O2. The molecule has 27 heavy (non-hydrogen) atoms. The van der Waals surface area contributed by atoms with Gasteiger partial charge in [0.25, 0.3) is 0 Å². The standard InChI is InChI=1S/C21H34F4O2/c1-13-3-5-14(6-4-13)15-7-9-16(10-8-15)21(24,25)27-18-12-11-17(26-2)19(22)20(18)23/h13-20H,3-12H2,1-2H3. The van der Waals surface area contributed by atoms with Crippen LogP contribution in [0.1, 0.15) is 71.1 Å². The third-order valence-electron chi connectivity index (χ3n) is 7.34. The Kier molecular flexibility index (Phi) is 7.10. The van der Waals surface area contributed by atoms with Crippen LogP contribution in [-0.4, -0.2) is 37.8 Å². The van der Waals surface area contributed by atoms with Crippen molar-refractivity contribution in [3.8, 4) is 0 Å². The van der Waals surface area contributed by atoms with Crippen LogP contribution in [0.5, 0.6) is 0 Å². The van der Waals surface area contributed by atoms with Crippen LogP contribution in [0.15, 0.2) is 0 Å². The van der Waals surface area contributed by atoms with Crippen molar-refractivity contribution in [2.75, 3.05) is 7.11 Å². The van der Waals surface area contributed by atoms with E-state index in [-0.39, 0.29) is 12.8 Å².